The average molecular weight is 383 g/mol. The minimum atomic E-state index is -0.438. The van der Waals surface area contributed by atoms with Crippen LogP contribution in [0.3, 0.4) is 0 Å². The van der Waals surface area contributed by atoms with Crippen molar-refractivity contribution in [3.05, 3.63) is 35.4 Å². The monoisotopic (exact) mass is 383 g/mol. The molecule has 0 spiro atoms. The lowest BCUT2D eigenvalue weighted by Gasteiger charge is -2.19. The summed E-state index contributed by atoms with van der Waals surface area (Å²) in [5.74, 6) is -0.406. The second-order valence-corrected chi connectivity index (χ2v) is 3.90. The quantitative estimate of drug-likeness (QED) is 0.483. The third-order valence-electron chi connectivity index (χ3n) is 2.75. The van der Waals surface area contributed by atoms with Crippen molar-refractivity contribution in [1.82, 2.24) is 4.90 Å². The Morgan fingerprint density at radius 2 is 1.89 bits per heavy atom. The molecule has 19 heavy (non-hydrogen) atoms. The molecule has 0 aliphatic heterocycles. The minimum absolute atomic E-state index is 0. The molecule has 0 fully saturated rings. The summed E-state index contributed by atoms with van der Waals surface area (Å²) in [7, 11) is 0. The van der Waals surface area contributed by atoms with E-state index in [1.165, 1.54) is 6.07 Å². The van der Waals surface area contributed by atoms with Crippen LogP contribution in [0, 0.1) is 11.6 Å². The van der Waals surface area contributed by atoms with Crippen molar-refractivity contribution in [2.75, 3.05) is 19.6 Å². The first-order valence-electron chi connectivity index (χ1n) is 6.07. The Hall–Kier alpha value is -0.920. The van der Waals surface area contributed by atoms with E-state index in [2.05, 4.69) is 4.99 Å². The summed E-state index contributed by atoms with van der Waals surface area (Å²) in [6, 6.07) is 3.42. The van der Waals surface area contributed by atoms with E-state index in [1.54, 1.807) is 0 Å². The molecule has 0 aliphatic carbocycles. The van der Waals surface area contributed by atoms with Crippen molar-refractivity contribution in [3.8, 4) is 0 Å². The molecule has 0 radical (unpaired) electrons. The molecule has 108 valence electrons. The van der Waals surface area contributed by atoms with E-state index in [1.807, 2.05) is 18.7 Å². The molecular weight excluding hydrogens is 363 g/mol. The largest absolute Gasteiger partial charge is 0.370 e. The van der Waals surface area contributed by atoms with Crippen LogP contribution in [0.1, 0.15) is 19.4 Å². The van der Waals surface area contributed by atoms with Gasteiger partial charge in [0.2, 0.25) is 0 Å². The fraction of sp³-hybridized carbons (Fsp3) is 0.462. The molecule has 1 rings (SSSR count). The number of hydrogen-bond donors (Lipinski definition) is 1. The zero-order valence-corrected chi connectivity index (χ0v) is 13.5. The smallest absolute Gasteiger partial charge is 0.191 e. The summed E-state index contributed by atoms with van der Waals surface area (Å²) < 4.78 is 26.3. The van der Waals surface area contributed by atoms with Gasteiger partial charge in [0.15, 0.2) is 5.96 Å². The molecule has 0 aromatic heterocycles. The lowest BCUT2D eigenvalue weighted by Crippen LogP contribution is -2.37. The highest BCUT2D eigenvalue weighted by Gasteiger charge is 2.05. The number of benzene rings is 1. The predicted molar refractivity (Wildman–Crippen MR) is 84.9 cm³/mol. The van der Waals surface area contributed by atoms with Gasteiger partial charge in [-0.15, -0.1) is 24.0 Å². The van der Waals surface area contributed by atoms with E-state index in [9.17, 15) is 8.78 Å². The fourth-order valence-corrected chi connectivity index (χ4v) is 1.67. The number of halogens is 3. The van der Waals surface area contributed by atoms with E-state index in [0.717, 1.165) is 25.2 Å². The van der Waals surface area contributed by atoms with E-state index < -0.39 is 11.6 Å². The highest BCUT2D eigenvalue weighted by molar-refractivity contribution is 14.0. The molecule has 3 nitrogen and oxygen atoms in total. The second-order valence-electron chi connectivity index (χ2n) is 3.90. The minimum Gasteiger partial charge on any atom is -0.370 e. The van der Waals surface area contributed by atoms with Crippen molar-refractivity contribution in [2.45, 2.75) is 20.3 Å². The van der Waals surface area contributed by atoms with Gasteiger partial charge in [-0.1, -0.05) is 0 Å². The molecule has 6 heteroatoms. The van der Waals surface area contributed by atoms with Gasteiger partial charge in [0.1, 0.15) is 11.6 Å². The number of rotatable bonds is 5. The van der Waals surface area contributed by atoms with Gasteiger partial charge >= 0.3 is 0 Å². The van der Waals surface area contributed by atoms with Crippen LogP contribution >= 0.6 is 24.0 Å². The summed E-state index contributed by atoms with van der Waals surface area (Å²) >= 11 is 0. The molecule has 0 heterocycles. The van der Waals surface area contributed by atoms with Crippen molar-refractivity contribution < 1.29 is 8.78 Å². The molecule has 0 unspecified atom stereocenters. The average Bonchev–Trinajstić information content (AvgIpc) is 2.35. The predicted octanol–water partition coefficient (Wildman–Crippen LogP) is 2.78. The van der Waals surface area contributed by atoms with Crippen LogP contribution in [-0.2, 0) is 6.42 Å². The SMILES string of the molecule is CCN(CC)C(N)=NCCc1cc(F)ccc1F.I. The summed E-state index contributed by atoms with van der Waals surface area (Å²) in [5, 5.41) is 0. The van der Waals surface area contributed by atoms with Gasteiger partial charge in [0.05, 0.1) is 0 Å². The van der Waals surface area contributed by atoms with E-state index in [4.69, 9.17) is 5.73 Å². The third kappa shape index (κ3) is 5.71. The van der Waals surface area contributed by atoms with Gasteiger partial charge in [0.25, 0.3) is 0 Å². The number of nitrogens with zero attached hydrogens (tertiary/aromatic N) is 2. The highest BCUT2D eigenvalue weighted by atomic mass is 127. The van der Waals surface area contributed by atoms with Crippen LogP contribution in [-0.4, -0.2) is 30.5 Å². The fourth-order valence-electron chi connectivity index (χ4n) is 1.67. The maximum Gasteiger partial charge on any atom is 0.191 e. The topological polar surface area (TPSA) is 41.6 Å². The summed E-state index contributed by atoms with van der Waals surface area (Å²) in [6.07, 6.45) is 0.339. The Kier molecular flexibility index (Phi) is 8.62. The summed E-state index contributed by atoms with van der Waals surface area (Å²) in [6.45, 7) is 5.87. The molecule has 1 aromatic carbocycles. The van der Waals surface area contributed by atoms with Gasteiger partial charge in [-0.25, -0.2) is 8.78 Å². The molecule has 0 bridgehead atoms. The molecule has 1 aromatic rings. The number of nitrogens with two attached hydrogens (primary N) is 1. The van der Waals surface area contributed by atoms with E-state index in [0.29, 0.717) is 24.5 Å². The highest BCUT2D eigenvalue weighted by Crippen LogP contribution is 2.10. The Morgan fingerprint density at radius 3 is 2.47 bits per heavy atom. The van der Waals surface area contributed by atoms with E-state index >= 15 is 0 Å². The van der Waals surface area contributed by atoms with Gasteiger partial charge in [-0.2, -0.15) is 0 Å². The Bertz CT molecular complexity index is 420. The Balaban J connectivity index is 0.00000324. The van der Waals surface area contributed by atoms with Crippen LogP contribution in [0.4, 0.5) is 8.78 Å². The molecule has 0 aliphatic rings. The van der Waals surface area contributed by atoms with Crippen molar-refractivity contribution in [1.29, 1.82) is 0 Å². The number of aliphatic imine (C=N–C) groups is 1. The zero-order chi connectivity index (χ0) is 13.5. The maximum atomic E-state index is 13.3. The molecular formula is C13H20F2IN3. The standard InChI is InChI=1S/C13H19F2N3.HI/c1-3-18(4-2)13(16)17-8-7-10-9-11(14)5-6-12(10)15;/h5-6,9H,3-4,7-8H2,1-2H3,(H2,16,17);1H. The third-order valence-corrected chi connectivity index (χ3v) is 2.75. The first kappa shape index (κ1) is 18.1. The van der Waals surface area contributed by atoms with Crippen molar-refractivity contribution in [3.63, 3.8) is 0 Å². The summed E-state index contributed by atoms with van der Waals surface area (Å²) in [4.78, 5) is 6.07. The van der Waals surface area contributed by atoms with Crippen LogP contribution < -0.4 is 5.73 Å². The summed E-state index contributed by atoms with van der Waals surface area (Å²) in [5.41, 5.74) is 6.10. The van der Waals surface area contributed by atoms with E-state index in [-0.39, 0.29) is 24.0 Å². The molecule has 0 saturated carbocycles. The van der Waals surface area contributed by atoms with Crippen LogP contribution in [0.15, 0.2) is 23.2 Å². The van der Waals surface area contributed by atoms with Gasteiger partial charge in [-0.05, 0) is 44.0 Å². The Morgan fingerprint density at radius 1 is 1.26 bits per heavy atom. The maximum absolute atomic E-state index is 13.3. The van der Waals surface area contributed by atoms with Gasteiger partial charge in [-0.3, -0.25) is 4.99 Å². The van der Waals surface area contributed by atoms with Crippen LogP contribution in [0.25, 0.3) is 0 Å². The lowest BCUT2D eigenvalue weighted by molar-refractivity contribution is 0.458. The van der Waals surface area contributed by atoms with Crippen LogP contribution in [0.5, 0.6) is 0 Å². The van der Waals surface area contributed by atoms with Gasteiger partial charge in [0, 0.05) is 19.6 Å². The van der Waals surface area contributed by atoms with Crippen molar-refractivity contribution in [2.24, 2.45) is 10.7 Å². The molecule has 2 N–H and O–H groups in total. The normalized spacial score (nSPS) is 11.1. The number of hydrogen-bond acceptors (Lipinski definition) is 1. The van der Waals surface area contributed by atoms with Crippen molar-refractivity contribution >= 4 is 29.9 Å². The molecule has 0 atom stereocenters. The van der Waals surface area contributed by atoms with Crippen LogP contribution in [0.2, 0.25) is 0 Å². The first-order valence-corrected chi connectivity index (χ1v) is 6.07. The second kappa shape index (κ2) is 9.06. The Labute approximate surface area is 129 Å². The molecule has 0 saturated heterocycles. The molecule has 0 amide bonds. The zero-order valence-electron chi connectivity index (χ0n) is 11.2. The van der Waals surface area contributed by atoms with Gasteiger partial charge < -0.3 is 10.6 Å². The number of guanidine groups is 1. The first-order chi connectivity index (χ1) is 8.58. The lowest BCUT2D eigenvalue weighted by atomic mass is 10.1.